The third kappa shape index (κ3) is 3.34. The first kappa shape index (κ1) is 12.2. The Bertz CT molecular complexity index is 307. The Kier molecular flexibility index (Phi) is 4.33. The predicted octanol–water partition coefficient (Wildman–Crippen LogP) is 2.07. The molecule has 0 saturated carbocycles. The molecule has 0 aliphatic rings. The maximum absolute atomic E-state index is 9.99. The van der Waals surface area contributed by atoms with Crippen molar-refractivity contribution in [3.05, 3.63) is 17.5 Å². The summed E-state index contributed by atoms with van der Waals surface area (Å²) in [6.45, 7) is 6.24. The zero-order chi connectivity index (χ0) is 11.4. The van der Waals surface area contributed by atoms with E-state index in [0.29, 0.717) is 12.3 Å². The van der Waals surface area contributed by atoms with Crippen LogP contribution in [0, 0.1) is 12.8 Å². The minimum Gasteiger partial charge on any atom is -0.392 e. The minimum atomic E-state index is -0.250. The van der Waals surface area contributed by atoms with E-state index < -0.39 is 0 Å². The molecule has 1 aromatic heterocycles. The smallest absolute Gasteiger partial charge is 0.0621 e. The summed E-state index contributed by atoms with van der Waals surface area (Å²) in [4.78, 5) is 0. The zero-order valence-corrected chi connectivity index (χ0v) is 10.2. The largest absolute Gasteiger partial charge is 0.392 e. The van der Waals surface area contributed by atoms with E-state index >= 15 is 0 Å². The number of hydrogen-bond donors (Lipinski definition) is 1. The maximum Gasteiger partial charge on any atom is 0.0621 e. The van der Waals surface area contributed by atoms with Gasteiger partial charge in [0.15, 0.2) is 0 Å². The molecule has 3 nitrogen and oxygen atoms in total. The summed E-state index contributed by atoms with van der Waals surface area (Å²) in [6, 6.07) is 2.04. The second-order valence-electron chi connectivity index (χ2n) is 4.44. The van der Waals surface area contributed by atoms with E-state index in [1.54, 1.807) is 0 Å². The van der Waals surface area contributed by atoms with Crippen LogP contribution in [-0.4, -0.2) is 21.0 Å². The Labute approximate surface area is 92.1 Å². The molecule has 0 bridgehead atoms. The lowest BCUT2D eigenvalue weighted by Crippen LogP contribution is -2.21. The average molecular weight is 210 g/mol. The normalized spacial score (nSPS) is 15.3. The van der Waals surface area contributed by atoms with Crippen LogP contribution in [0.25, 0.3) is 0 Å². The van der Waals surface area contributed by atoms with E-state index in [-0.39, 0.29) is 6.10 Å². The first-order valence-corrected chi connectivity index (χ1v) is 5.72. The molecule has 0 aliphatic carbocycles. The molecule has 3 heteroatoms. The molecule has 86 valence electrons. The SMILES string of the molecule is CCCC(C)C(O)Cc1cc(C)nn1C. The van der Waals surface area contributed by atoms with Gasteiger partial charge in [-0.15, -0.1) is 0 Å². The number of aliphatic hydroxyl groups is 1. The van der Waals surface area contributed by atoms with Crippen LogP contribution in [0.4, 0.5) is 0 Å². The van der Waals surface area contributed by atoms with Crippen LogP contribution < -0.4 is 0 Å². The van der Waals surface area contributed by atoms with Gasteiger partial charge in [0.25, 0.3) is 0 Å². The highest BCUT2D eigenvalue weighted by Crippen LogP contribution is 2.15. The molecule has 2 unspecified atom stereocenters. The zero-order valence-electron chi connectivity index (χ0n) is 10.2. The average Bonchev–Trinajstić information content (AvgIpc) is 2.45. The first-order valence-electron chi connectivity index (χ1n) is 5.72. The van der Waals surface area contributed by atoms with Gasteiger partial charge in [0.1, 0.15) is 0 Å². The van der Waals surface area contributed by atoms with Crippen LogP contribution in [0.15, 0.2) is 6.07 Å². The van der Waals surface area contributed by atoms with Crippen LogP contribution in [0.3, 0.4) is 0 Å². The van der Waals surface area contributed by atoms with Gasteiger partial charge in [-0.05, 0) is 25.3 Å². The Morgan fingerprint density at radius 1 is 1.53 bits per heavy atom. The summed E-state index contributed by atoms with van der Waals surface area (Å²) >= 11 is 0. The topological polar surface area (TPSA) is 38.1 Å². The number of aryl methyl sites for hydroxylation is 2. The molecule has 0 spiro atoms. The van der Waals surface area contributed by atoms with E-state index in [0.717, 1.165) is 24.2 Å². The highest BCUT2D eigenvalue weighted by atomic mass is 16.3. The van der Waals surface area contributed by atoms with Crippen molar-refractivity contribution >= 4 is 0 Å². The Balaban J connectivity index is 2.57. The van der Waals surface area contributed by atoms with Crippen molar-refractivity contribution in [2.24, 2.45) is 13.0 Å². The van der Waals surface area contributed by atoms with Crippen LogP contribution in [0.1, 0.15) is 38.1 Å². The summed E-state index contributed by atoms with van der Waals surface area (Å²) in [5.74, 6) is 0.366. The highest BCUT2D eigenvalue weighted by molar-refractivity contribution is 5.09. The van der Waals surface area contributed by atoms with Gasteiger partial charge in [-0.25, -0.2) is 0 Å². The second kappa shape index (κ2) is 5.31. The maximum atomic E-state index is 9.99. The molecule has 15 heavy (non-hydrogen) atoms. The molecule has 0 aromatic carbocycles. The second-order valence-corrected chi connectivity index (χ2v) is 4.44. The van der Waals surface area contributed by atoms with E-state index in [1.807, 2.05) is 24.7 Å². The van der Waals surface area contributed by atoms with Crippen molar-refractivity contribution < 1.29 is 5.11 Å². The summed E-state index contributed by atoms with van der Waals surface area (Å²) in [5, 5.41) is 14.3. The molecular weight excluding hydrogens is 188 g/mol. The van der Waals surface area contributed by atoms with Gasteiger partial charge in [0.2, 0.25) is 0 Å². The molecule has 0 amide bonds. The number of aromatic nitrogens is 2. The Hall–Kier alpha value is -0.830. The minimum absolute atomic E-state index is 0.250. The molecule has 1 rings (SSSR count). The van der Waals surface area contributed by atoms with Gasteiger partial charge in [0, 0.05) is 19.2 Å². The molecule has 0 fully saturated rings. The van der Waals surface area contributed by atoms with E-state index in [4.69, 9.17) is 0 Å². The fourth-order valence-corrected chi connectivity index (χ4v) is 1.92. The molecule has 0 saturated heterocycles. The molecule has 1 aromatic rings. The fraction of sp³-hybridized carbons (Fsp3) is 0.750. The van der Waals surface area contributed by atoms with Crippen molar-refractivity contribution in [2.75, 3.05) is 0 Å². The van der Waals surface area contributed by atoms with Gasteiger partial charge >= 0.3 is 0 Å². The molecule has 2 atom stereocenters. The molecule has 1 N–H and O–H groups in total. The highest BCUT2D eigenvalue weighted by Gasteiger charge is 2.15. The summed E-state index contributed by atoms with van der Waals surface area (Å²) in [5.41, 5.74) is 2.13. The third-order valence-corrected chi connectivity index (χ3v) is 2.92. The van der Waals surface area contributed by atoms with Gasteiger partial charge < -0.3 is 5.11 Å². The fourth-order valence-electron chi connectivity index (χ4n) is 1.92. The summed E-state index contributed by atoms with van der Waals surface area (Å²) in [6.07, 6.45) is 2.67. The van der Waals surface area contributed by atoms with Crippen molar-refractivity contribution in [1.82, 2.24) is 9.78 Å². The van der Waals surface area contributed by atoms with Crippen molar-refractivity contribution in [3.63, 3.8) is 0 Å². The molecule has 0 radical (unpaired) electrons. The van der Waals surface area contributed by atoms with Crippen molar-refractivity contribution in [1.29, 1.82) is 0 Å². The lowest BCUT2D eigenvalue weighted by Gasteiger charge is -2.17. The van der Waals surface area contributed by atoms with Crippen LogP contribution in [-0.2, 0) is 13.5 Å². The van der Waals surface area contributed by atoms with Gasteiger partial charge in [-0.2, -0.15) is 5.10 Å². The standard InChI is InChI=1S/C12H22N2O/c1-5-6-9(2)12(15)8-11-7-10(3)13-14(11)4/h7,9,12,15H,5-6,8H2,1-4H3. The third-order valence-electron chi connectivity index (χ3n) is 2.92. The number of nitrogens with zero attached hydrogens (tertiary/aromatic N) is 2. The van der Waals surface area contributed by atoms with Crippen molar-refractivity contribution in [3.8, 4) is 0 Å². The predicted molar refractivity (Wildman–Crippen MR) is 61.7 cm³/mol. The summed E-state index contributed by atoms with van der Waals surface area (Å²) < 4.78 is 1.86. The Morgan fingerprint density at radius 2 is 2.20 bits per heavy atom. The van der Waals surface area contributed by atoms with E-state index in [1.165, 1.54) is 0 Å². The Morgan fingerprint density at radius 3 is 2.67 bits per heavy atom. The van der Waals surface area contributed by atoms with E-state index in [2.05, 4.69) is 18.9 Å². The van der Waals surface area contributed by atoms with Gasteiger partial charge in [0.05, 0.1) is 11.8 Å². The van der Waals surface area contributed by atoms with Crippen LogP contribution in [0.2, 0.25) is 0 Å². The van der Waals surface area contributed by atoms with Gasteiger partial charge in [-0.3, -0.25) is 4.68 Å². The first-order chi connectivity index (χ1) is 7.04. The number of rotatable bonds is 5. The van der Waals surface area contributed by atoms with Gasteiger partial charge in [-0.1, -0.05) is 20.3 Å². The number of aliphatic hydroxyl groups excluding tert-OH is 1. The lowest BCUT2D eigenvalue weighted by molar-refractivity contribution is 0.110. The van der Waals surface area contributed by atoms with Crippen LogP contribution in [0.5, 0.6) is 0 Å². The van der Waals surface area contributed by atoms with Crippen LogP contribution >= 0.6 is 0 Å². The molecular formula is C12H22N2O. The molecule has 1 heterocycles. The lowest BCUT2D eigenvalue weighted by atomic mass is 9.96. The molecule has 0 aliphatic heterocycles. The van der Waals surface area contributed by atoms with Crippen molar-refractivity contribution in [2.45, 2.75) is 46.1 Å². The monoisotopic (exact) mass is 210 g/mol. The summed E-state index contributed by atoms with van der Waals surface area (Å²) in [7, 11) is 1.93. The number of hydrogen-bond acceptors (Lipinski definition) is 2. The quantitative estimate of drug-likeness (QED) is 0.808. The van der Waals surface area contributed by atoms with E-state index in [9.17, 15) is 5.11 Å².